The quantitative estimate of drug-likeness (QED) is 0.256. The van der Waals surface area contributed by atoms with E-state index >= 15 is 0 Å². The van der Waals surface area contributed by atoms with Crippen molar-refractivity contribution in [2.45, 2.75) is 57.3 Å². The van der Waals surface area contributed by atoms with Crippen molar-refractivity contribution in [2.24, 2.45) is 0 Å². The Morgan fingerprint density at radius 2 is 1.24 bits per heavy atom. The molecule has 5 nitrogen and oxygen atoms in total. The van der Waals surface area contributed by atoms with Crippen LogP contribution in [0.15, 0.2) is 60.3 Å². The molecule has 0 atom stereocenters. The van der Waals surface area contributed by atoms with Gasteiger partial charge in [-0.15, -0.1) is 0 Å². The molecule has 0 radical (unpaired) electrons. The number of allylic oxidation sites excluding steroid dienone is 2. The van der Waals surface area contributed by atoms with Gasteiger partial charge in [0.25, 0.3) is 0 Å². The summed E-state index contributed by atoms with van der Waals surface area (Å²) in [5.41, 5.74) is 4.90. The predicted molar refractivity (Wildman–Crippen MR) is 126 cm³/mol. The van der Waals surface area contributed by atoms with Crippen LogP contribution in [0.2, 0.25) is 0 Å². The van der Waals surface area contributed by atoms with Crippen LogP contribution in [0.1, 0.15) is 56.1 Å². The highest BCUT2D eigenvalue weighted by molar-refractivity contribution is 6.01. The molecule has 0 heterocycles. The Morgan fingerprint density at radius 1 is 0.703 bits per heavy atom. The van der Waals surface area contributed by atoms with Gasteiger partial charge in [-0.2, -0.15) is 26.3 Å². The molecule has 0 aromatic heterocycles. The van der Waals surface area contributed by atoms with Crippen molar-refractivity contribution < 1.29 is 40.7 Å². The average Bonchev–Trinajstić information content (AvgIpc) is 2.79. The van der Waals surface area contributed by atoms with Gasteiger partial charge in [-0.25, -0.2) is 0 Å². The van der Waals surface area contributed by atoms with E-state index in [4.69, 9.17) is 5.73 Å². The zero-order valence-corrected chi connectivity index (χ0v) is 19.7. The summed E-state index contributed by atoms with van der Waals surface area (Å²) in [7, 11) is 0. The lowest BCUT2D eigenvalue weighted by molar-refractivity contribution is -0.138. The van der Waals surface area contributed by atoms with Gasteiger partial charge in [-0.3, -0.25) is 14.4 Å². The standard InChI is InChI=1S/C13H12F3NO.C7H6F3N.C6H8O2/c14-13(15,16)9-3-1-4-10(7-9)17-11-5-2-6-12(18)8-11;8-7(9,10)5-2-1-3-6(11)4-5;7-5-2-1-3-6(8)4-5/h1,3-4,7-8,17H,2,5-6H2;1-4H,11H2;1-4H2. The van der Waals surface area contributed by atoms with Crippen LogP contribution >= 0.6 is 0 Å². The van der Waals surface area contributed by atoms with Gasteiger partial charge in [-0.05, 0) is 55.7 Å². The third-order valence-electron chi connectivity index (χ3n) is 5.22. The summed E-state index contributed by atoms with van der Waals surface area (Å²) in [4.78, 5) is 32.1. The fourth-order valence-corrected chi connectivity index (χ4v) is 3.44. The van der Waals surface area contributed by atoms with Crippen LogP contribution in [-0.4, -0.2) is 17.3 Å². The highest BCUT2D eigenvalue weighted by Crippen LogP contribution is 2.31. The van der Waals surface area contributed by atoms with Crippen molar-refractivity contribution in [1.82, 2.24) is 0 Å². The fourth-order valence-electron chi connectivity index (χ4n) is 3.44. The van der Waals surface area contributed by atoms with E-state index in [0.717, 1.165) is 37.1 Å². The van der Waals surface area contributed by atoms with Gasteiger partial charge in [0.2, 0.25) is 0 Å². The van der Waals surface area contributed by atoms with Crippen LogP contribution < -0.4 is 11.1 Å². The number of hydrogen-bond acceptors (Lipinski definition) is 5. The van der Waals surface area contributed by atoms with Crippen LogP contribution in [0.25, 0.3) is 0 Å². The molecule has 200 valence electrons. The van der Waals surface area contributed by atoms with E-state index < -0.39 is 23.5 Å². The van der Waals surface area contributed by atoms with Gasteiger partial charge in [0.1, 0.15) is 11.6 Å². The second kappa shape index (κ2) is 13.1. The molecular formula is C26H26F6N2O3. The summed E-state index contributed by atoms with van der Waals surface area (Å²) >= 11 is 0. The topological polar surface area (TPSA) is 89.3 Å². The minimum absolute atomic E-state index is 0.00993. The Morgan fingerprint density at radius 3 is 1.70 bits per heavy atom. The minimum atomic E-state index is -4.35. The van der Waals surface area contributed by atoms with E-state index in [0.29, 0.717) is 37.1 Å². The first-order valence-corrected chi connectivity index (χ1v) is 11.4. The number of nitrogens with two attached hydrogens (primary N) is 1. The fraction of sp³-hybridized carbons (Fsp3) is 0.346. The number of halogens is 6. The number of anilines is 2. The van der Waals surface area contributed by atoms with Gasteiger partial charge in [0, 0.05) is 42.4 Å². The van der Waals surface area contributed by atoms with Crippen LogP contribution in [0.4, 0.5) is 37.7 Å². The summed E-state index contributed by atoms with van der Waals surface area (Å²) in [6.07, 6.45) is -3.06. The third-order valence-corrected chi connectivity index (χ3v) is 5.22. The number of nitrogen functional groups attached to an aromatic ring is 1. The van der Waals surface area contributed by atoms with Crippen molar-refractivity contribution in [3.05, 3.63) is 71.4 Å². The van der Waals surface area contributed by atoms with E-state index in [-0.39, 0.29) is 29.5 Å². The smallest absolute Gasteiger partial charge is 0.399 e. The molecule has 1 saturated carbocycles. The number of benzene rings is 2. The molecule has 0 spiro atoms. The Labute approximate surface area is 209 Å². The zero-order valence-electron chi connectivity index (χ0n) is 19.7. The van der Waals surface area contributed by atoms with Crippen molar-refractivity contribution in [2.75, 3.05) is 11.1 Å². The van der Waals surface area contributed by atoms with E-state index in [2.05, 4.69) is 5.32 Å². The molecule has 2 aromatic rings. The Hall–Kier alpha value is -3.63. The Balaban J connectivity index is 0.000000215. The van der Waals surface area contributed by atoms with E-state index in [1.165, 1.54) is 24.3 Å². The second-order valence-electron chi connectivity index (χ2n) is 8.42. The monoisotopic (exact) mass is 528 g/mol. The van der Waals surface area contributed by atoms with Gasteiger partial charge >= 0.3 is 12.4 Å². The molecule has 0 saturated heterocycles. The van der Waals surface area contributed by atoms with Crippen molar-refractivity contribution in [3.63, 3.8) is 0 Å². The number of hydrogen-bond donors (Lipinski definition) is 2. The number of carbonyl (C=O) groups is 3. The summed E-state index contributed by atoms with van der Waals surface area (Å²) in [5.74, 6) is 0.234. The minimum Gasteiger partial charge on any atom is -0.399 e. The first-order valence-electron chi connectivity index (χ1n) is 11.4. The molecule has 11 heteroatoms. The molecule has 37 heavy (non-hydrogen) atoms. The second-order valence-corrected chi connectivity index (χ2v) is 8.42. The molecule has 0 amide bonds. The first-order chi connectivity index (χ1) is 17.2. The van der Waals surface area contributed by atoms with E-state index in [9.17, 15) is 40.7 Å². The molecule has 2 aliphatic rings. The van der Waals surface area contributed by atoms with Crippen LogP contribution in [0.5, 0.6) is 0 Å². The predicted octanol–water partition coefficient (Wildman–Crippen LogP) is 6.74. The molecule has 2 aliphatic carbocycles. The molecule has 0 aliphatic heterocycles. The largest absolute Gasteiger partial charge is 0.416 e. The first kappa shape index (κ1) is 29.6. The zero-order chi connectivity index (χ0) is 27.6. The van der Waals surface area contributed by atoms with Crippen molar-refractivity contribution in [1.29, 1.82) is 0 Å². The number of nitrogens with one attached hydrogen (secondary N) is 1. The van der Waals surface area contributed by atoms with Crippen LogP contribution in [-0.2, 0) is 26.7 Å². The molecular weight excluding hydrogens is 502 g/mol. The van der Waals surface area contributed by atoms with E-state index in [1.54, 1.807) is 6.07 Å². The summed E-state index contributed by atoms with van der Waals surface area (Å²) in [5, 5.41) is 2.86. The highest BCUT2D eigenvalue weighted by Gasteiger charge is 2.31. The lowest BCUT2D eigenvalue weighted by atomic mass is 9.98. The molecule has 4 rings (SSSR count). The van der Waals surface area contributed by atoms with E-state index in [1.807, 2.05) is 0 Å². The molecule has 0 bridgehead atoms. The third kappa shape index (κ3) is 10.9. The number of rotatable bonds is 2. The summed E-state index contributed by atoms with van der Waals surface area (Å²) < 4.78 is 73.3. The van der Waals surface area contributed by atoms with Crippen molar-refractivity contribution >= 4 is 28.7 Å². The van der Waals surface area contributed by atoms with Gasteiger partial charge in [0.15, 0.2) is 5.78 Å². The lowest BCUT2D eigenvalue weighted by Gasteiger charge is -2.15. The summed E-state index contributed by atoms with van der Waals surface area (Å²) in [6, 6.07) is 9.53. The van der Waals surface area contributed by atoms with Crippen LogP contribution in [0, 0.1) is 0 Å². The molecule has 1 fully saturated rings. The van der Waals surface area contributed by atoms with Crippen LogP contribution in [0.3, 0.4) is 0 Å². The average molecular weight is 528 g/mol. The number of alkyl halides is 6. The number of ketones is 3. The van der Waals surface area contributed by atoms with Gasteiger partial charge < -0.3 is 11.1 Å². The normalized spacial score (nSPS) is 16.1. The number of Topliss-reactive ketones (excluding diaryl/α,β-unsaturated/α-hetero) is 2. The Kier molecular flexibility index (Phi) is 10.5. The van der Waals surface area contributed by atoms with Crippen molar-refractivity contribution in [3.8, 4) is 0 Å². The highest BCUT2D eigenvalue weighted by atomic mass is 19.4. The van der Waals surface area contributed by atoms with Gasteiger partial charge in [0.05, 0.1) is 17.5 Å². The molecule has 3 N–H and O–H groups in total. The maximum Gasteiger partial charge on any atom is 0.416 e. The lowest BCUT2D eigenvalue weighted by Crippen LogP contribution is -2.13. The number of carbonyl (C=O) groups excluding carboxylic acids is 3. The SMILES string of the molecule is Nc1cccc(C(F)(F)F)c1.O=C1C=C(Nc2cccc(C(F)(F)F)c2)CCC1.O=C1CCCC(=O)C1. The van der Waals surface area contributed by atoms with Gasteiger partial charge in [-0.1, -0.05) is 12.1 Å². The summed E-state index contributed by atoms with van der Waals surface area (Å²) in [6.45, 7) is 0. The maximum atomic E-state index is 12.5. The Bertz CT molecular complexity index is 1130. The molecule has 2 aromatic carbocycles. The molecule has 0 unspecified atom stereocenters. The maximum absolute atomic E-state index is 12.5.